The number of hydrogen-bond donors (Lipinski definition) is 1. The molecule has 3 rings (SSSR count). The number of carbonyl (C=O) groups excluding carboxylic acids is 1. The first kappa shape index (κ1) is 19.2. The number of ether oxygens (including phenoxy) is 1. The summed E-state index contributed by atoms with van der Waals surface area (Å²) in [6, 6.07) is 7.55. The van der Waals surface area contributed by atoms with Crippen LogP contribution in [-0.2, 0) is 10.0 Å². The summed E-state index contributed by atoms with van der Waals surface area (Å²) in [4.78, 5) is 18.6. The van der Waals surface area contributed by atoms with Crippen LogP contribution in [0.5, 0.6) is 5.75 Å². The lowest BCUT2D eigenvalue weighted by molar-refractivity contribution is 0.0693. The summed E-state index contributed by atoms with van der Waals surface area (Å²) in [6.07, 6.45) is 4.85. The number of likely N-dealkylation sites (tertiary alicyclic amines) is 1. The number of benzene rings is 1. The Bertz CT molecular complexity index is 908. The first-order valence-electron chi connectivity index (χ1n) is 8.81. The smallest absolute Gasteiger partial charge is 0.261 e. The van der Waals surface area contributed by atoms with Crippen molar-refractivity contribution in [3.05, 3.63) is 48.3 Å². The number of piperidine rings is 1. The third-order valence-corrected chi connectivity index (χ3v) is 6.08. The molecular weight excluding hydrogens is 366 g/mol. The van der Waals surface area contributed by atoms with E-state index >= 15 is 0 Å². The summed E-state index contributed by atoms with van der Waals surface area (Å²) >= 11 is 0. The third-order valence-electron chi connectivity index (χ3n) is 4.70. The Balaban J connectivity index is 1.90. The molecule has 27 heavy (non-hydrogen) atoms. The molecule has 0 radical (unpaired) electrons. The normalized spacial score (nSPS) is 15.4. The van der Waals surface area contributed by atoms with Gasteiger partial charge in [0.15, 0.2) is 0 Å². The van der Waals surface area contributed by atoms with E-state index in [1.165, 1.54) is 31.5 Å². The van der Waals surface area contributed by atoms with E-state index < -0.39 is 10.0 Å². The zero-order chi connectivity index (χ0) is 19.4. The Morgan fingerprint density at radius 1 is 1.26 bits per heavy atom. The van der Waals surface area contributed by atoms with Crippen molar-refractivity contribution in [1.82, 2.24) is 9.88 Å². The molecule has 144 valence electrons. The van der Waals surface area contributed by atoms with Crippen molar-refractivity contribution in [2.45, 2.75) is 24.7 Å². The predicted octanol–water partition coefficient (Wildman–Crippen LogP) is 2.76. The molecule has 0 bridgehead atoms. The Morgan fingerprint density at radius 3 is 2.63 bits per heavy atom. The van der Waals surface area contributed by atoms with Gasteiger partial charge in [0.25, 0.3) is 15.9 Å². The molecule has 1 N–H and O–H groups in total. The number of methoxy groups -OCH3 is 1. The van der Waals surface area contributed by atoms with Gasteiger partial charge in [0.05, 0.1) is 29.5 Å². The summed E-state index contributed by atoms with van der Waals surface area (Å²) in [7, 11) is -2.39. The van der Waals surface area contributed by atoms with Gasteiger partial charge >= 0.3 is 0 Å². The van der Waals surface area contributed by atoms with E-state index in [4.69, 9.17) is 4.74 Å². The molecule has 1 aliphatic heterocycles. The summed E-state index contributed by atoms with van der Waals surface area (Å²) in [5, 5.41) is 0. The van der Waals surface area contributed by atoms with Gasteiger partial charge in [-0.1, -0.05) is 6.92 Å². The Hall–Kier alpha value is -2.61. The molecule has 7 nitrogen and oxygen atoms in total. The quantitative estimate of drug-likeness (QED) is 0.849. The van der Waals surface area contributed by atoms with Crippen LogP contribution in [0.15, 0.2) is 47.6 Å². The van der Waals surface area contributed by atoms with Crippen LogP contribution in [-0.4, -0.2) is 44.4 Å². The second-order valence-corrected chi connectivity index (χ2v) is 8.37. The maximum atomic E-state index is 12.9. The van der Waals surface area contributed by atoms with E-state index in [2.05, 4.69) is 16.6 Å². The first-order chi connectivity index (χ1) is 12.9. The van der Waals surface area contributed by atoms with Gasteiger partial charge in [0.1, 0.15) is 5.75 Å². The lowest BCUT2D eigenvalue weighted by Gasteiger charge is -2.30. The molecule has 0 unspecified atom stereocenters. The van der Waals surface area contributed by atoms with Gasteiger partial charge in [0, 0.05) is 19.3 Å². The van der Waals surface area contributed by atoms with Gasteiger partial charge in [-0.2, -0.15) is 0 Å². The summed E-state index contributed by atoms with van der Waals surface area (Å²) in [5.41, 5.74) is 0.604. The minimum absolute atomic E-state index is 0.000815. The third kappa shape index (κ3) is 4.39. The second kappa shape index (κ2) is 7.96. The number of nitrogens with one attached hydrogen (secondary N) is 1. The maximum absolute atomic E-state index is 12.9. The second-order valence-electron chi connectivity index (χ2n) is 6.68. The number of hydrogen-bond acceptors (Lipinski definition) is 5. The molecule has 1 aromatic carbocycles. The highest BCUT2D eigenvalue weighted by molar-refractivity contribution is 7.92. The standard InChI is InChI=1S/C19H23N3O4S/c1-14-7-10-22(11-8-14)19(23)17-12-16(5-6-18(17)26-2)27(24,25)21-15-4-3-9-20-13-15/h3-6,9,12-14,21H,7-8,10-11H2,1-2H3. The molecule has 1 amide bonds. The number of aromatic nitrogens is 1. The van der Waals surface area contributed by atoms with Crippen molar-refractivity contribution in [1.29, 1.82) is 0 Å². The van der Waals surface area contributed by atoms with Crippen LogP contribution < -0.4 is 9.46 Å². The van der Waals surface area contributed by atoms with Crippen LogP contribution in [0.4, 0.5) is 5.69 Å². The average molecular weight is 389 g/mol. The van der Waals surface area contributed by atoms with Crippen LogP contribution >= 0.6 is 0 Å². The fourth-order valence-corrected chi connectivity index (χ4v) is 4.11. The van der Waals surface area contributed by atoms with Crippen LogP contribution in [0.1, 0.15) is 30.1 Å². The molecule has 0 saturated carbocycles. The lowest BCUT2D eigenvalue weighted by Crippen LogP contribution is -2.38. The zero-order valence-corrected chi connectivity index (χ0v) is 16.2. The highest BCUT2D eigenvalue weighted by Gasteiger charge is 2.26. The molecule has 2 heterocycles. The predicted molar refractivity (Wildman–Crippen MR) is 102 cm³/mol. The van der Waals surface area contributed by atoms with Gasteiger partial charge < -0.3 is 9.64 Å². The number of anilines is 1. The molecule has 0 spiro atoms. The zero-order valence-electron chi connectivity index (χ0n) is 15.4. The fraction of sp³-hybridized carbons (Fsp3) is 0.368. The van der Waals surface area contributed by atoms with E-state index in [1.54, 1.807) is 23.2 Å². The van der Waals surface area contributed by atoms with Gasteiger partial charge in [-0.3, -0.25) is 14.5 Å². The van der Waals surface area contributed by atoms with Crippen molar-refractivity contribution in [2.75, 3.05) is 24.9 Å². The lowest BCUT2D eigenvalue weighted by atomic mass is 9.98. The molecule has 0 atom stereocenters. The Labute approximate surface area is 159 Å². The van der Waals surface area contributed by atoms with Crippen molar-refractivity contribution >= 4 is 21.6 Å². The molecular formula is C19H23N3O4S. The molecule has 0 aliphatic carbocycles. The number of pyridine rings is 1. The molecule has 1 saturated heterocycles. The monoisotopic (exact) mass is 389 g/mol. The van der Waals surface area contributed by atoms with E-state index in [0.717, 1.165) is 12.8 Å². The topological polar surface area (TPSA) is 88.6 Å². The van der Waals surface area contributed by atoms with E-state index in [0.29, 0.717) is 30.4 Å². The van der Waals surface area contributed by atoms with Gasteiger partial charge in [-0.05, 0) is 49.1 Å². The SMILES string of the molecule is COc1ccc(S(=O)(=O)Nc2cccnc2)cc1C(=O)N1CCC(C)CC1. The number of nitrogens with zero attached hydrogens (tertiary/aromatic N) is 2. The van der Waals surface area contributed by atoms with Crippen molar-refractivity contribution in [3.8, 4) is 5.75 Å². The average Bonchev–Trinajstić information content (AvgIpc) is 2.68. The summed E-state index contributed by atoms with van der Waals surface area (Å²) in [6.45, 7) is 3.49. The summed E-state index contributed by atoms with van der Waals surface area (Å²) in [5.74, 6) is 0.738. The molecule has 1 aromatic heterocycles. The first-order valence-corrected chi connectivity index (χ1v) is 10.3. The van der Waals surface area contributed by atoms with Crippen molar-refractivity contribution < 1.29 is 17.9 Å². The largest absolute Gasteiger partial charge is 0.496 e. The Morgan fingerprint density at radius 2 is 2.00 bits per heavy atom. The highest BCUT2D eigenvalue weighted by Crippen LogP contribution is 2.27. The molecule has 1 aliphatic rings. The van der Waals surface area contributed by atoms with Gasteiger partial charge in [0.2, 0.25) is 0 Å². The van der Waals surface area contributed by atoms with Crippen LogP contribution in [0.2, 0.25) is 0 Å². The van der Waals surface area contributed by atoms with E-state index in [9.17, 15) is 13.2 Å². The Kier molecular flexibility index (Phi) is 5.65. The molecule has 2 aromatic rings. The number of carbonyl (C=O) groups is 1. The number of amides is 1. The molecule has 1 fully saturated rings. The van der Waals surface area contributed by atoms with Crippen LogP contribution in [0.3, 0.4) is 0 Å². The highest BCUT2D eigenvalue weighted by atomic mass is 32.2. The van der Waals surface area contributed by atoms with Crippen LogP contribution in [0, 0.1) is 5.92 Å². The minimum Gasteiger partial charge on any atom is -0.496 e. The summed E-state index contributed by atoms with van der Waals surface area (Å²) < 4.78 is 33.1. The number of rotatable bonds is 5. The van der Waals surface area contributed by atoms with E-state index in [1.807, 2.05) is 0 Å². The van der Waals surface area contributed by atoms with E-state index in [-0.39, 0.29) is 16.4 Å². The fourth-order valence-electron chi connectivity index (χ4n) is 3.04. The van der Waals surface area contributed by atoms with Crippen LogP contribution in [0.25, 0.3) is 0 Å². The number of sulfonamides is 1. The van der Waals surface area contributed by atoms with Crippen molar-refractivity contribution in [3.63, 3.8) is 0 Å². The van der Waals surface area contributed by atoms with Gasteiger partial charge in [-0.25, -0.2) is 8.42 Å². The minimum atomic E-state index is -3.85. The van der Waals surface area contributed by atoms with Gasteiger partial charge in [-0.15, -0.1) is 0 Å². The maximum Gasteiger partial charge on any atom is 0.261 e. The molecule has 8 heteroatoms. The van der Waals surface area contributed by atoms with Crippen molar-refractivity contribution in [2.24, 2.45) is 5.92 Å².